The summed E-state index contributed by atoms with van der Waals surface area (Å²) in [5, 5.41) is 4.24. The van der Waals surface area contributed by atoms with Gasteiger partial charge >= 0.3 is 0 Å². The molecule has 2 rings (SSSR count). The van der Waals surface area contributed by atoms with E-state index < -0.39 is 0 Å². The van der Waals surface area contributed by atoms with Crippen molar-refractivity contribution in [1.82, 2.24) is 0 Å². The molecule has 0 radical (unpaired) electrons. The maximum absolute atomic E-state index is 5.80. The van der Waals surface area contributed by atoms with Crippen LogP contribution in [0.15, 0.2) is 59.7 Å². The maximum Gasteiger partial charge on any atom is 0.119 e. The molecular weight excluding hydrogens is 308 g/mol. The first kappa shape index (κ1) is 19.0. The lowest BCUT2D eigenvalue weighted by Crippen LogP contribution is -1.97. The van der Waals surface area contributed by atoms with E-state index in [1.54, 1.807) is 0 Å². The molecule has 0 aromatic heterocycles. The number of ether oxygens (including phenoxy) is 1. The van der Waals surface area contributed by atoms with E-state index in [9.17, 15) is 0 Å². The SMILES string of the molecule is CCCCCCCCCOc1ccc(NN=Cc2ccccc2)cc1. The zero-order valence-electron chi connectivity index (χ0n) is 15.3. The summed E-state index contributed by atoms with van der Waals surface area (Å²) in [5.41, 5.74) is 5.06. The molecule has 0 aliphatic heterocycles. The van der Waals surface area contributed by atoms with Gasteiger partial charge in [-0.15, -0.1) is 0 Å². The van der Waals surface area contributed by atoms with Crippen LogP contribution in [0.3, 0.4) is 0 Å². The van der Waals surface area contributed by atoms with Crippen LogP contribution < -0.4 is 10.2 Å². The summed E-state index contributed by atoms with van der Waals surface area (Å²) in [5.74, 6) is 0.920. The van der Waals surface area contributed by atoms with Crippen LogP contribution in [-0.4, -0.2) is 12.8 Å². The van der Waals surface area contributed by atoms with Crippen molar-refractivity contribution in [3.8, 4) is 5.75 Å². The first-order valence-electron chi connectivity index (χ1n) is 9.45. The smallest absolute Gasteiger partial charge is 0.119 e. The fourth-order valence-electron chi connectivity index (χ4n) is 2.60. The molecule has 0 unspecified atom stereocenters. The van der Waals surface area contributed by atoms with Gasteiger partial charge in [0.15, 0.2) is 0 Å². The molecule has 0 bridgehead atoms. The zero-order valence-corrected chi connectivity index (χ0v) is 15.3. The molecular formula is C22H30N2O. The number of benzene rings is 2. The Balaban J connectivity index is 1.60. The van der Waals surface area contributed by atoms with Crippen molar-refractivity contribution in [3.05, 3.63) is 60.2 Å². The van der Waals surface area contributed by atoms with Gasteiger partial charge in [0, 0.05) is 0 Å². The number of hydrogen-bond donors (Lipinski definition) is 1. The maximum atomic E-state index is 5.80. The number of anilines is 1. The van der Waals surface area contributed by atoms with Crippen LogP contribution in [0.2, 0.25) is 0 Å². The number of hydrazone groups is 1. The highest BCUT2D eigenvalue weighted by atomic mass is 16.5. The second-order valence-electron chi connectivity index (χ2n) is 6.27. The van der Waals surface area contributed by atoms with E-state index in [1.807, 2.05) is 60.8 Å². The Morgan fingerprint density at radius 2 is 1.52 bits per heavy atom. The van der Waals surface area contributed by atoms with E-state index in [1.165, 1.54) is 38.5 Å². The van der Waals surface area contributed by atoms with Crippen molar-refractivity contribution in [2.45, 2.75) is 51.9 Å². The molecule has 1 N–H and O–H groups in total. The Kier molecular flexibility index (Phi) is 9.24. The van der Waals surface area contributed by atoms with Crippen molar-refractivity contribution in [2.24, 2.45) is 5.10 Å². The summed E-state index contributed by atoms with van der Waals surface area (Å²) in [6.45, 7) is 3.05. The van der Waals surface area contributed by atoms with Gasteiger partial charge in [0.25, 0.3) is 0 Å². The molecule has 134 valence electrons. The second-order valence-corrected chi connectivity index (χ2v) is 6.27. The lowest BCUT2D eigenvalue weighted by Gasteiger charge is -2.07. The van der Waals surface area contributed by atoms with Crippen LogP contribution in [-0.2, 0) is 0 Å². The van der Waals surface area contributed by atoms with E-state index >= 15 is 0 Å². The molecule has 0 atom stereocenters. The molecule has 0 aliphatic carbocycles. The summed E-state index contributed by atoms with van der Waals surface area (Å²) in [4.78, 5) is 0. The van der Waals surface area contributed by atoms with Crippen molar-refractivity contribution >= 4 is 11.9 Å². The largest absolute Gasteiger partial charge is 0.494 e. The predicted molar refractivity (Wildman–Crippen MR) is 108 cm³/mol. The van der Waals surface area contributed by atoms with Gasteiger partial charge in [0.2, 0.25) is 0 Å². The highest BCUT2D eigenvalue weighted by Crippen LogP contribution is 2.16. The number of unbranched alkanes of at least 4 members (excludes halogenated alkanes) is 6. The lowest BCUT2D eigenvalue weighted by atomic mass is 10.1. The average molecular weight is 338 g/mol. The molecule has 2 aromatic carbocycles. The van der Waals surface area contributed by atoms with Crippen LogP contribution in [0.5, 0.6) is 5.75 Å². The van der Waals surface area contributed by atoms with Crippen LogP contribution >= 0.6 is 0 Å². The minimum atomic E-state index is 0.798. The average Bonchev–Trinajstić information content (AvgIpc) is 2.66. The van der Waals surface area contributed by atoms with Crippen molar-refractivity contribution in [3.63, 3.8) is 0 Å². The molecule has 0 fully saturated rings. The molecule has 0 saturated carbocycles. The fraction of sp³-hybridized carbons (Fsp3) is 0.409. The summed E-state index contributed by atoms with van der Waals surface area (Å²) >= 11 is 0. The third kappa shape index (κ3) is 8.39. The van der Waals surface area contributed by atoms with Crippen LogP contribution in [0, 0.1) is 0 Å². The predicted octanol–water partition coefficient (Wildman–Crippen LogP) is 6.26. The number of nitrogens with one attached hydrogen (secondary N) is 1. The molecule has 3 heteroatoms. The van der Waals surface area contributed by atoms with Crippen LogP contribution in [0.1, 0.15) is 57.4 Å². The topological polar surface area (TPSA) is 33.6 Å². The van der Waals surface area contributed by atoms with Gasteiger partial charge in [-0.05, 0) is 36.2 Å². The fourth-order valence-corrected chi connectivity index (χ4v) is 2.60. The Morgan fingerprint density at radius 1 is 0.840 bits per heavy atom. The highest BCUT2D eigenvalue weighted by Gasteiger charge is 1.96. The van der Waals surface area contributed by atoms with Gasteiger partial charge in [0.1, 0.15) is 5.75 Å². The third-order valence-corrected chi connectivity index (χ3v) is 4.08. The molecule has 0 aliphatic rings. The Bertz CT molecular complexity index is 593. The van der Waals surface area contributed by atoms with Crippen molar-refractivity contribution in [1.29, 1.82) is 0 Å². The Hall–Kier alpha value is -2.29. The van der Waals surface area contributed by atoms with Gasteiger partial charge < -0.3 is 4.74 Å². The first-order valence-corrected chi connectivity index (χ1v) is 9.45. The van der Waals surface area contributed by atoms with E-state index in [0.717, 1.165) is 30.0 Å². The van der Waals surface area contributed by atoms with E-state index in [-0.39, 0.29) is 0 Å². The lowest BCUT2D eigenvalue weighted by molar-refractivity contribution is 0.304. The molecule has 0 saturated heterocycles. The standard InChI is InChI=1S/C22H30N2O/c1-2-3-4-5-6-7-11-18-25-22-16-14-21(15-17-22)24-23-19-20-12-9-8-10-13-20/h8-10,12-17,19,24H,2-7,11,18H2,1H3. The van der Waals surface area contributed by atoms with Gasteiger partial charge in [-0.2, -0.15) is 5.10 Å². The monoisotopic (exact) mass is 338 g/mol. The second kappa shape index (κ2) is 12.1. The van der Waals surface area contributed by atoms with E-state index in [4.69, 9.17) is 4.74 Å². The molecule has 0 heterocycles. The number of rotatable bonds is 12. The van der Waals surface area contributed by atoms with Crippen LogP contribution in [0.4, 0.5) is 5.69 Å². The normalized spacial score (nSPS) is 10.9. The molecule has 2 aromatic rings. The summed E-state index contributed by atoms with van der Waals surface area (Å²) in [6.07, 6.45) is 10.9. The summed E-state index contributed by atoms with van der Waals surface area (Å²) < 4.78 is 5.80. The summed E-state index contributed by atoms with van der Waals surface area (Å²) in [6, 6.07) is 18.0. The molecule has 0 spiro atoms. The quantitative estimate of drug-likeness (QED) is 0.281. The van der Waals surface area contributed by atoms with Crippen molar-refractivity contribution in [2.75, 3.05) is 12.0 Å². The number of nitrogens with zero attached hydrogens (tertiary/aromatic N) is 1. The Morgan fingerprint density at radius 3 is 2.24 bits per heavy atom. The van der Waals surface area contributed by atoms with Gasteiger partial charge in [-0.3, -0.25) is 5.43 Å². The van der Waals surface area contributed by atoms with E-state index in [2.05, 4.69) is 17.5 Å². The zero-order chi connectivity index (χ0) is 17.6. The van der Waals surface area contributed by atoms with E-state index in [0.29, 0.717) is 0 Å². The van der Waals surface area contributed by atoms with Gasteiger partial charge in [-0.25, -0.2) is 0 Å². The molecule has 0 amide bonds. The molecule has 25 heavy (non-hydrogen) atoms. The third-order valence-electron chi connectivity index (χ3n) is 4.08. The minimum absolute atomic E-state index is 0.798. The molecule has 3 nitrogen and oxygen atoms in total. The first-order chi connectivity index (χ1) is 12.4. The van der Waals surface area contributed by atoms with Gasteiger partial charge in [-0.1, -0.05) is 75.8 Å². The van der Waals surface area contributed by atoms with Gasteiger partial charge in [0.05, 0.1) is 18.5 Å². The highest BCUT2D eigenvalue weighted by molar-refractivity contribution is 5.80. The van der Waals surface area contributed by atoms with Crippen LogP contribution in [0.25, 0.3) is 0 Å². The Labute approximate surface area is 152 Å². The minimum Gasteiger partial charge on any atom is -0.494 e. The van der Waals surface area contributed by atoms with Crippen molar-refractivity contribution < 1.29 is 4.74 Å². The number of hydrogen-bond acceptors (Lipinski definition) is 3. The summed E-state index contributed by atoms with van der Waals surface area (Å²) in [7, 11) is 0.